The van der Waals surface area contributed by atoms with Crippen molar-refractivity contribution in [2.45, 2.75) is 39.7 Å². The Morgan fingerprint density at radius 2 is 1.83 bits per heavy atom. The molecule has 0 saturated carbocycles. The molecule has 2 aromatic rings. The van der Waals surface area contributed by atoms with Crippen molar-refractivity contribution in [3.8, 4) is 5.75 Å². The minimum atomic E-state index is -0.0116. The standard InChI is InChI=1S/C20H25NO2/c1-15-9-10-18(13-16(15)2)11-12-20(22)21-17(3)14-23-19-7-5-4-6-8-19/h4-10,13,17H,11-12,14H2,1-3H3,(H,21,22)/t17-/m0/s1. The molecule has 1 N–H and O–H groups in total. The van der Waals surface area contributed by atoms with E-state index in [0.717, 1.165) is 12.2 Å². The number of nitrogens with one attached hydrogen (secondary N) is 1. The Bertz CT molecular complexity index is 637. The van der Waals surface area contributed by atoms with E-state index in [-0.39, 0.29) is 11.9 Å². The Labute approximate surface area is 138 Å². The molecule has 3 nitrogen and oxygen atoms in total. The van der Waals surface area contributed by atoms with Gasteiger partial charge in [-0.2, -0.15) is 0 Å². The summed E-state index contributed by atoms with van der Waals surface area (Å²) in [5.74, 6) is 0.885. The molecule has 0 saturated heterocycles. The molecule has 3 heteroatoms. The van der Waals surface area contributed by atoms with Gasteiger partial charge in [-0.15, -0.1) is 0 Å². The van der Waals surface area contributed by atoms with Crippen LogP contribution in [-0.2, 0) is 11.2 Å². The van der Waals surface area contributed by atoms with Crippen molar-refractivity contribution in [1.29, 1.82) is 0 Å². The van der Waals surface area contributed by atoms with Gasteiger partial charge >= 0.3 is 0 Å². The molecule has 0 aliphatic heterocycles. The van der Waals surface area contributed by atoms with Crippen LogP contribution in [0.15, 0.2) is 48.5 Å². The van der Waals surface area contributed by atoms with Gasteiger partial charge in [0.15, 0.2) is 0 Å². The van der Waals surface area contributed by atoms with Gasteiger partial charge in [0, 0.05) is 6.42 Å². The highest BCUT2D eigenvalue weighted by Gasteiger charge is 2.08. The Morgan fingerprint density at radius 1 is 1.09 bits per heavy atom. The van der Waals surface area contributed by atoms with Crippen LogP contribution in [0, 0.1) is 13.8 Å². The van der Waals surface area contributed by atoms with Crippen molar-refractivity contribution < 1.29 is 9.53 Å². The van der Waals surface area contributed by atoms with Gasteiger partial charge in [-0.3, -0.25) is 4.79 Å². The number of carbonyl (C=O) groups excluding carboxylic acids is 1. The number of amides is 1. The second-order valence-corrected chi connectivity index (χ2v) is 6.01. The van der Waals surface area contributed by atoms with Crippen LogP contribution in [0.1, 0.15) is 30.0 Å². The number of carbonyl (C=O) groups is 1. The van der Waals surface area contributed by atoms with E-state index in [0.29, 0.717) is 13.0 Å². The number of ether oxygens (including phenoxy) is 1. The maximum atomic E-state index is 12.0. The SMILES string of the molecule is Cc1ccc(CCC(=O)N[C@@H](C)COc2ccccc2)cc1C. The lowest BCUT2D eigenvalue weighted by Crippen LogP contribution is -2.36. The molecule has 0 bridgehead atoms. The van der Waals surface area contributed by atoms with E-state index in [4.69, 9.17) is 4.74 Å². The number of aryl methyl sites for hydroxylation is 3. The van der Waals surface area contributed by atoms with E-state index in [1.54, 1.807) is 0 Å². The number of hydrogen-bond donors (Lipinski definition) is 1. The fraction of sp³-hybridized carbons (Fsp3) is 0.350. The molecule has 0 aliphatic carbocycles. The van der Waals surface area contributed by atoms with Crippen molar-refractivity contribution in [2.24, 2.45) is 0 Å². The zero-order valence-electron chi connectivity index (χ0n) is 14.1. The third-order valence-electron chi connectivity index (χ3n) is 3.86. The minimum absolute atomic E-state index is 0.0116. The quantitative estimate of drug-likeness (QED) is 0.844. The highest BCUT2D eigenvalue weighted by atomic mass is 16.5. The van der Waals surface area contributed by atoms with E-state index in [1.165, 1.54) is 16.7 Å². The molecule has 1 atom stereocenters. The highest BCUT2D eigenvalue weighted by Crippen LogP contribution is 2.12. The van der Waals surface area contributed by atoms with E-state index < -0.39 is 0 Å². The van der Waals surface area contributed by atoms with Crippen molar-refractivity contribution >= 4 is 5.91 Å². The van der Waals surface area contributed by atoms with E-state index in [1.807, 2.05) is 37.3 Å². The van der Waals surface area contributed by atoms with Gasteiger partial charge in [0.05, 0.1) is 6.04 Å². The second kappa shape index (κ2) is 8.37. The Balaban J connectivity index is 1.72. The lowest BCUT2D eigenvalue weighted by Gasteiger charge is -2.15. The van der Waals surface area contributed by atoms with E-state index >= 15 is 0 Å². The number of hydrogen-bond acceptors (Lipinski definition) is 2. The van der Waals surface area contributed by atoms with Crippen LogP contribution in [-0.4, -0.2) is 18.6 Å². The highest BCUT2D eigenvalue weighted by molar-refractivity contribution is 5.76. The summed E-state index contributed by atoms with van der Waals surface area (Å²) >= 11 is 0. The largest absolute Gasteiger partial charge is 0.491 e. The molecule has 0 aliphatic rings. The maximum Gasteiger partial charge on any atom is 0.220 e. The predicted octanol–water partition coefficient (Wildman–Crippen LogP) is 3.82. The molecule has 2 aromatic carbocycles. The number of para-hydroxylation sites is 1. The van der Waals surface area contributed by atoms with Gasteiger partial charge in [0.1, 0.15) is 12.4 Å². The molecular weight excluding hydrogens is 286 g/mol. The molecule has 1 amide bonds. The van der Waals surface area contributed by atoms with Gasteiger partial charge in [0.2, 0.25) is 5.91 Å². The predicted molar refractivity (Wildman–Crippen MR) is 93.8 cm³/mol. The third-order valence-corrected chi connectivity index (χ3v) is 3.86. The second-order valence-electron chi connectivity index (χ2n) is 6.01. The number of benzene rings is 2. The molecule has 23 heavy (non-hydrogen) atoms. The van der Waals surface area contributed by atoms with Crippen molar-refractivity contribution in [3.63, 3.8) is 0 Å². The molecule has 0 fully saturated rings. The molecular formula is C20H25NO2. The van der Waals surface area contributed by atoms with Gasteiger partial charge in [-0.05, 0) is 56.0 Å². The molecule has 0 radical (unpaired) electrons. The van der Waals surface area contributed by atoms with Crippen molar-refractivity contribution in [2.75, 3.05) is 6.61 Å². The van der Waals surface area contributed by atoms with Gasteiger partial charge in [-0.25, -0.2) is 0 Å². The van der Waals surface area contributed by atoms with Crippen LogP contribution in [0.4, 0.5) is 0 Å². The van der Waals surface area contributed by atoms with Gasteiger partial charge < -0.3 is 10.1 Å². The molecule has 2 rings (SSSR count). The van der Waals surface area contributed by atoms with Crippen LogP contribution in [0.2, 0.25) is 0 Å². The van der Waals surface area contributed by atoms with E-state index in [9.17, 15) is 4.79 Å². The summed E-state index contributed by atoms with van der Waals surface area (Å²) in [5.41, 5.74) is 3.76. The summed E-state index contributed by atoms with van der Waals surface area (Å²) in [7, 11) is 0. The first-order valence-electron chi connectivity index (χ1n) is 8.08. The fourth-order valence-electron chi connectivity index (χ4n) is 2.34. The molecule has 0 aromatic heterocycles. The summed E-state index contributed by atoms with van der Waals surface area (Å²) in [6.07, 6.45) is 1.26. The van der Waals surface area contributed by atoms with E-state index in [2.05, 4.69) is 37.4 Å². The third kappa shape index (κ3) is 5.78. The lowest BCUT2D eigenvalue weighted by molar-refractivity contribution is -0.121. The Hall–Kier alpha value is -2.29. The first-order chi connectivity index (χ1) is 11.0. The zero-order chi connectivity index (χ0) is 16.7. The van der Waals surface area contributed by atoms with Crippen molar-refractivity contribution in [1.82, 2.24) is 5.32 Å². The summed E-state index contributed by atoms with van der Waals surface area (Å²) in [6.45, 7) is 6.62. The summed E-state index contributed by atoms with van der Waals surface area (Å²) < 4.78 is 5.65. The smallest absolute Gasteiger partial charge is 0.220 e. The topological polar surface area (TPSA) is 38.3 Å². The lowest BCUT2D eigenvalue weighted by atomic mass is 10.0. The summed E-state index contributed by atoms with van der Waals surface area (Å²) in [5, 5.41) is 2.98. The van der Waals surface area contributed by atoms with Crippen molar-refractivity contribution in [3.05, 3.63) is 65.2 Å². The monoisotopic (exact) mass is 311 g/mol. The average Bonchev–Trinajstić information content (AvgIpc) is 2.55. The molecule has 0 spiro atoms. The molecule has 0 heterocycles. The molecule has 122 valence electrons. The van der Waals surface area contributed by atoms with Gasteiger partial charge in [-0.1, -0.05) is 36.4 Å². The minimum Gasteiger partial charge on any atom is -0.491 e. The fourth-order valence-corrected chi connectivity index (χ4v) is 2.34. The Kier molecular flexibility index (Phi) is 6.21. The zero-order valence-corrected chi connectivity index (χ0v) is 14.1. The summed E-state index contributed by atoms with van der Waals surface area (Å²) in [4.78, 5) is 12.0. The maximum absolute atomic E-state index is 12.0. The molecule has 0 unspecified atom stereocenters. The average molecular weight is 311 g/mol. The van der Waals surface area contributed by atoms with Crippen LogP contribution in [0.3, 0.4) is 0 Å². The van der Waals surface area contributed by atoms with Crippen LogP contribution in [0.5, 0.6) is 5.75 Å². The van der Waals surface area contributed by atoms with Crippen LogP contribution in [0.25, 0.3) is 0 Å². The summed E-state index contributed by atoms with van der Waals surface area (Å²) in [6, 6.07) is 16.0. The Morgan fingerprint density at radius 3 is 2.52 bits per heavy atom. The van der Waals surface area contributed by atoms with Gasteiger partial charge in [0.25, 0.3) is 0 Å². The normalized spacial score (nSPS) is 11.8. The van der Waals surface area contributed by atoms with Crippen LogP contribution < -0.4 is 10.1 Å². The number of rotatable bonds is 7. The van der Waals surface area contributed by atoms with Crippen LogP contribution >= 0.6 is 0 Å². The first-order valence-corrected chi connectivity index (χ1v) is 8.08. The first kappa shape index (κ1) is 17.1.